The second kappa shape index (κ2) is 7.03. The van der Waals surface area contributed by atoms with Gasteiger partial charge in [-0.15, -0.1) is 0 Å². The molecule has 0 amide bonds. The standard InChI is InChI=1S/C15H14O9S2/c1-23-11-8-10(12(16)9-6-4-3-5-7-9)14(25(17,18)19)15(13(11)24-2)26(20,21)22/h3-8H,1-2H3,(H,17,18,19)(H,20,21,22). The molecule has 2 aromatic carbocycles. The number of methoxy groups -OCH3 is 2. The lowest BCUT2D eigenvalue weighted by atomic mass is 10.0. The summed E-state index contributed by atoms with van der Waals surface area (Å²) >= 11 is 0. The first kappa shape index (κ1) is 19.8. The molecular formula is C15H14O9S2. The molecule has 0 aliphatic carbocycles. The molecule has 26 heavy (non-hydrogen) atoms. The first-order chi connectivity index (χ1) is 12.0. The summed E-state index contributed by atoms with van der Waals surface area (Å²) < 4.78 is 76.1. The van der Waals surface area contributed by atoms with Crippen LogP contribution in [0.25, 0.3) is 0 Å². The van der Waals surface area contributed by atoms with E-state index in [4.69, 9.17) is 9.47 Å². The van der Waals surface area contributed by atoms with Crippen LogP contribution in [0.5, 0.6) is 11.5 Å². The summed E-state index contributed by atoms with van der Waals surface area (Å²) in [5.41, 5.74) is -0.685. The Hall–Kier alpha value is -2.47. The molecule has 2 N–H and O–H groups in total. The van der Waals surface area contributed by atoms with Crippen LogP contribution in [0.1, 0.15) is 15.9 Å². The molecule has 0 fully saturated rings. The van der Waals surface area contributed by atoms with E-state index in [-0.39, 0.29) is 11.3 Å². The highest BCUT2D eigenvalue weighted by Gasteiger charge is 2.36. The molecule has 0 spiro atoms. The van der Waals surface area contributed by atoms with Crippen LogP contribution in [0.4, 0.5) is 0 Å². The summed E-state index contributed by atoms with van der Waals surface area (Å²) in [4.78, 5) is 10.1. The van der Waals surface area contributed by atoms with Crippen molar-refractivity contribution >= 4 is 26.0 Å². The predicted octanol–water partition coefficient (Wildman–Crippen LogP) is 1.43. The van der Waals surface area contributed by atoms with Gasteiger partial charge in [-0.2, -0.15) is 16.8 Å². The number of hydrogen-bond donors (Lipinski definition) is 2. The van der Waals surface area contributed by atoms with Crippen LogP contribution in [0.2, 0.25) is 0 Å². The lowest BCUT2D eigenvalue weighted by molar-refractivity contribution is 0.103. The van der Waals surface area contributed by atoms with Crippen molar-refractivity contribution in [2.24, 2.45) is 0 Å². The van der Waals surface area contributed by atoms with Gasteiger partial charge >= 0.3 is 0 Å². The van der Waals surface area contributed by atoms with Gasteiger partial charge in [0.15, 0.2) is 22.2 Å². The van der Waals surface area contributed by atoms with Gasteiger partial charge in [0.1, 0.15) is 4.90 Å². The van der Waals surface area contributed by atoms with Crippen LogP contribution in [-0.4, -0.2) is 45.9 Å². The Labute approximate surface area is 149 Å². The fourth-order valence-corrected chi connectivity index (χ4v) is 4.50. The molecule has 9 nitrogen and oxygen atoms in total. The van der Waals surface area contributed by atoms with Gasteiger partial charge in [0, 0.05) is 11.1 Å². The molecular weight excluding hydrogens is 388 g/mol. The SMILES string of the molecule is COc1cc(C(=O)c2ccccc2)c(S(=O)(=O)O)c(S(=O)(=O)O)c1OC. The Kier molecular flexibility index (Phi) is 5.37. The molecule has 0 saturated heterocycles. The van der Waals surface area contributed by atoms with Crippen molar-refractivity contribution < 1.29 is 40.2 Å². The minimum absolute atomic E-state index is 0.0194. The molecule has 0 aliphatic heterocycles. The fraction of sp³-hybridized carbons (Fsp3) is 0.133. The number of carbonyl (C=O) groups is 1. The molecule has 11 heteroatoms. The number of benzene rings is 2. The smallest absolute Gasteiger partial charge is 0.299 e. The lowest BCUT2D eigenvalue weighted by Gasteiger charge is -2.17. The Balaban J connectivity index is 3.04. The third kappa shape index (κ3) is 3.70. The van der Waals surface area contributed by atoms with Crippen LogP contribution in [0.3, 0.4) is 0 Å². The van der Waals surface area contributed by atoms with E-state index in [0.717, 1.165) is 20.3 Å². The van der Waals surface area contributed by atoms with Crippen molar-refractivity contribution in [2.75, 3.05) is 14.2 Å². The zero-order valence-electron chi connectivity index (χ0n) is 13.5. The van der Waals surface area contributed by atoms with Crippen molar-refractivity contribution in [3.8, 4) is 11.5 Å². The number of carbonyl (C=O) groups excluding carboxylic acids is 1. The second-order valence-electron chi connectivity index (χ2n) is 4.96. The van der Waals surface area contributed by atoms with Gasteiger partial charge < -0.3 is 9.47 Å². The van der Waals surface area contributed by atoms with Gasteiger partial charge in [0.2, 0.25) is 0 Å². The fourth-order valence-electron chi connectivity index (χ4n) is 2.35. The van der Waals surface area contributed by atoms with Crippen LogP contribution >= 0.6 is 0 Å². The summed E-state index contributed by atoms with van der Waals surface area (Å²) in [6.45, 7) is 0. The Bertz CT molecular complexity index is 1060. The van der Waals surface area contributed by atoms with Crippen molar-refractivity contribution in [1.82, 2.24) is 0 Å². The van der Waals surface area contributed by atoms with Gasteiger partial charge in [0.25, 0.3) is 20.2 Å². The average molecular weight is 402 g/mol. The lowest BCUT2D eigenvalue weighted by Crippen LogP contribution is -2.17. The first-order valence-electron chi connectivity index (χ1n) is 6.86. The molecule has 0 radical (unpaired) electrons. The van der Waals surface area contributed by atoms with Gasteiger partial charge in [-0.1, -0.05) is 30.3 Å². The molecule has 0 aromatic heterocycles. The van der Waals surface area contributed by atoms with E-state index in [2.05, 4.69) is 0 Å². The van der Waals surface area contributed by atoms with Crippen molar-refractivity contribution in [3.63, 3.8) is 0 Å². The normalized spacial score (nSPS) is 11.8. The maximum Gasteiger partial charge on any atom is 0.299 e. The number of hydrogen-bond acceptors (Lipinski definition) is 7. The van der Waals surface area contributed by atoms with Crippen molar-refractivity contribution in [2.45, 2.75) is 9.79 Å². The van der Waals surface area contributed by atoms with Crippen LogP contribution < -0.4 is 9.47 Å². The van der Waals surface area contributed by atoms with Crippen LogP contribution in [-0.2, 0) is 20.2 Å². The molecule has 0 unspecified atom stereocenters. The molecule has 2 rings (SSSR count). The summed E-state index contributed by atoms with van der Waals surface area (Å²) in [5, 5.41) is 0. The average Bonchev–Trinajstić information content (AvgIpc) is 2.58. The molecule has 140 valence electrons. The monoisotopic (exact) mass is 402 g/mol. The molecule has 0 saturated carbocycles. The number of ketones is 1. The van der Waals surface area contributed by atoms with Crippen LogP contribution in [0.15, 0.2) is 46.2 Å². The van der Waals surface area contributed by atoms with E-state index in [9.17, 15) is 30.7 Å². The van der Waals surface area contributed by atoms with E-state index in [1.807, 2.05) is 0 Å². The van der Waals surface area contributed by atoms with E-state index >= 15 is 0 Å². The minimum atomic E-state index is -5.25. The molecule has 0 bridgehead atoms. The van der Waals surface area contributed by atoms with E-state index in [1.54, 1.807) is 6.07 Å². The summed E-state index contributed by atoms with van der Waals surface area (Å²) in [6.07, 6.45) is 0. The third-order valence-electron chi connectivity index (χ3n) is 3.38. The Morgan fingerprint density at radius 2 is 1.42 bits per heavy atom. The van der Waals surface area contributed by atoms with Gasteiger partial charge in [-0.05, 0) is 6.07 Å². The second-order valence-corrected chi connectivity index (χ2v) is 7.68. The molecule has 2 aromatic rings. The maximum absolute atomic E-state index is 12.7. The largest absolute Gasteiger partial charge is 0.493 e. The summed E-state index contributed by atoms with van der Waals surface area (Å²) in [7, 11) is -8.36. The van der Waals surface area contributed by atoms with E-state index in [0.29, 0.717) is 0 Å². The number of rotatable bonds is 6. The van der Waals surface area contributed by atoms with Gasteiger partial charge in [-0.25, -0.2) is 0 Å². The maximum atomic E-state index is 12.7. The predicted molar refractivity (Wildman–Crippen MR) is 89.0 cm³/mol. The highest BCUT2D eigenvalue weighted by atomic mass is 32.2. The van der Waals surface area contributed by atoms with E-state index < -0.39 is 47.1 Å². The van der Waals surface area contributed by atoms with Crippen molar-refractivity contribution in [1.29, 1.82) is 0 Å². The minimum Gasteiger partial charge on any atom is -0.493 e. The highest BCUT2D eigenvalue weighted by molar-refractivity contribution is 7.89. The third-order valence-corrected chi connectivity index (χ3v) is 5.35. The summed E-state index contributed by atoms with van der Waals surface area (Å²) in [5.74, 6) is -1.91. The van der Waals surface area contributed by atoms with Gasteiger partial charge in [-0.3, -0.25) is 13.9 Å². The van der Waals surface area contributed by atoms with Gasteiger partial charge in [0.05, 0.1) is 14.2 Å². The first-order valence-corrected chi connectivity index (χ1v) is 9.74. The highest BCUT2D eigenvalue weighted by Crippen LogP contribution is 2.41. The Morgan fingerprint density at radius 3 is 1.85 bits per heavy atom. The zero-order chi connectivity index (χ0) is 19.7. The van der Waals surface area contributed by atoms with Crippen LogP contribution in [0, 0.1) is 0 Å². The number of ether oxygens (including phenoxy) is 2. The zero-order valence-corrected chi connectivity index (χ0v) is 15.2. The van der Waals surface area contributed by atoms with E-state index in [1.165, 1.54) is 24.3 Å². The molecule has 0 aliphatic rings. The van der Waals surface area contributed by atoms with Crippen molar-refractivity contribution in [3.05, 3.63) is 47.5 Å². The topological polar surface area (TPSA) is 144 Å². The molecule has 0 heterocycles. The molecule has 0 atom stereocenters. The summed E-state index contributed by atoms with van der Waals surface area (Å²) in [6, 6.07) is 8.25. The Morgan fingerprint density at radius 1 is 0.885 bits per heavy atom. The quantitative estimate of drug-likeness (QED) is 0.541.